The Labute approximate surface area is 599 Å². The number of anilines is 6. The van der Waals surface area contributed by atoms with E-state index in [1.165, 1.54) is 142 Å². The van der Waals surface area contributed by atoms with Gasteiger partial charge in [0.05, 0.1) is 44.8 Å². The fraction of sp³-hybridized carbons (Fsp3) is 0.258. The van der Waals surface area contributed by atoms with Crippen LogP contribution in [0.5, 0.6) is 0 Å². The van der Waals surface area contributed by atoms with Gasteiger partial charge in [0.25, 0.3) is 0 Å². The van der Waals surface area contributed by atoms with Crippen molar-refractivity contribution in [1.29, 1.82) is 0 Å². The molecule has 9 aliphatic carbocycles. The lowest BCUT2D eigenvalue weighted by atomic mass is 9.41. The summed E-state index contributed by atoms with van der Waals surface area (Å²) in [6, 6.07) is 87.8. The summed E-state index contributed by atoms with van der Waals surface area (Å²) in [5.74, 6) is 8.55. The second-order valence-corrected chi connectivity index (χ2v) is 30.4. The molecular formula is C89H78Cl2N10. The number of aromatic nitrogens is 8. The molecule has 14 aromatic rings. The molecule has 101 heavy (non-hydrogen) atoms. The minimum absolute atomic E-state index is 0. The van der Waals surface area contributed by atoms with Crippen molar-refractivity contribution in [1.82, 2.24) is 39.0 Å². The van der Waals surface area contributed by atoms with E-state index in [1.54, 1.807) is 0 Å². The highest BCUT2D eigenvalue weighted by molar-refractivity contribution is 6.31. The molecule has 0 unspecified atom stereocenters. The van der Waals surface area contributed by atoms with Gasteiger partial charge in [-0.3, -0.25) is 18.9 Å². The SMILES string of the molecule is C.C.Clc1nc(Cl)nc(N2c3ccccc3C3(c4ccccc42)C2CC4CC(C2)CC3C4)n1.c1ccc2c(c1)Cc1ccccc1-2.c1ccc2c(c1)N(c1nc(-n3c4ccccc4c4ccccc43)nc(-n3c4ccccc4c4ccccc43)n1)c1ccccc1C21C2CC3CC(C2)CC1C3. The lowest BCUT2D eigenvalue weighted by Crippen LogP contribution is -2.57. The molecule has 8 bridgehead atoms. The van der Waals surface area contributed by atoms with Gasteiger partial charge in [0.15, 0.2) is 0 Å². The van der Waals surface area contributed by atoms with Crippen LogP contribution in [0.4, 0.5) is 34.6 Å². The lowest BCUT2D eigenvalue weighted by Gasteiger charge is -2.64. The second kappa shape index (κ2) is 23.8. The van der Waals surface area contributed by atoms with Crippen molar-refractivity contribution in [3.8, 4) is 23.0 Å². The highest BCUT2D eigenvalue weighted by Crippen LogP contribution is 2.71. The molecule has 2 aliphatic heterocycles. The van der Waals surface area contributed by atoms with Crippen LogP contribution in [0.3, 0.4) is 0 Å². The maximum atomic E-state index is 6.19. The minimum atomic E-state index is -0.00450. The van der Waals surface area contributed by atoms with Gasteiger partial charge in [-0.15, -0.1) is 0 Å². The summed E-state index contributed by atoms with van der Waals surface area (Å²) in [7, 11) is 0. The topological polar surface area (TPSA) is 93.7 Å². The first-order valence-electron chi connectivity index (χ1n) is 35.8. The summed E-state index contributed by atoms with van der Waals surface area (Å²) >= 11 is 12.4. The molecule has 8 fully saturated rings. The Morgan fingerprint density at radius 2 is 0.545 bits per heavy atom. The Kier molecular flexibility index (Phi) is 14.6. The van der Waals surface area contributed by atoms with E-state index in [1.807, 2.05) is 0 Å². The maximum Gasteiger partial charge on any atom is 0.241 e. The third kappa shape index (κ3) is 9.15. The molecule has 11 aliphatic rings. The Balaban J connectivity index is 0.000000128. The zero-order valence-corrected chi connectivity index (χ0v) is 56.2. The van der Waals surface area contributed by atoms with Gasteiger partial charge < -0.3 is 0 Å². The average molecular weight is 1360 g/mol. The van der Waals surface area contributed by atoms with E-state index in [2.05, 4.69) is 277 Å². The van der Waals surface area contributed by atoms with Crippen molar-refractivity contribution < 1.29 is 0 Å². The van der Waals surface area contributed by atoms with Gasteiger partial charge in [0.2, 0.25) is 34.4 Å². The summed E-state index contributed by atoms with van der Waals surface area (Å²) in [5, 5.41) is 4.93. The van der Waals surface area contributed by atoms with Gasteiger partial charge in [-0.2, -0.15) is 29.9 Å². The van der Waals surface area contributed by atoms with Gasteiger partial charge in [-0.25, -0.2) is 0 Å². The van der Waals surface area contributed by atoms with Crippen molar-refractivity contribution >= 4 is 101 Å². The van der Waals surface area contributed by atoms with Crippen LogP contribution in [-0.2, 0) is 17.3 Å². The molecule has 10 aromatic carbocycles. The van der Waals surface area contributed by atoms with Gasteiger partial charge in [-0.1, -0.05) is 209 Å². The molecule has 2 spiro atoms. The zero-order valence-electron chi connectivity index (χ0n) is 54.7. The lowest BCUT2D eigenvalue weighted by molar-refractivity contribution is -0.0419. The fourth-order valence-corrected chi connectivity index (χ4v) is 22.4. The van der Waals surface area contributed by atoms with Crippen LogP contribution in [0.2, 0.25) is 10.6 Å². The molecule has 4 aromatic heterocycles. The largest absolute Gasteiger partial charge is 0.278 e. The van der Waals surface area contributed by atoms with Crippen molar-refractivity contribution in [2.45, 2.75) is 96.3 Å². The van der Waals surface area contributed by atoms with E-state index in [-0.39, 0.29) is 36.3 Å². The Morgan fingerprint density at radius 3 is 0.881 bits per heavy atom. The van der Waals surface area contributed by atoms with E-state index in [4.69, 9.17) is 38.2 Å². The van der Waals surface area contributed by atoms with E-state index < -0.39 is 0 Å². The van der Waals surface area contributed by atoms with E-state index >= 15 is 0 Å². The summed E-state index contributed by atoms with van der Waals surface area (Å²) in [4.78, 5) is 33.9. The van der Waals surface area contributed by atoms with E-state index in [0.717, 1.165) is 63.5 Å². The molecule has 25 rings (SSSR count). The highest BCUT2D eigenvalue weighted by atomic mass is 35.5. The number of nitrogens with zero attached hydrogens (tertiary/aromatic N) is 10. The quantitative estimate of drug-likeness (QED) is 0.172. The first-order valence-corrected chi connectivity index (χ1v) is 36.6. The third-order valence-corrected chi connectivity index (χ3v) is 25.4. The third-order valence-electron chi connectivity index (χ3n) is 25.0. The molecule has 0 atom stereocenters. The highest BCUT2D eigenvalue weighted by Gasteiger charge is 2.63. The first-order chi connectivity index (χ1) is 48.8. The van der Waals surface area contributed by atoms with Gasteiger partial charge in [0, 0.05) is 32.4 Å². The second-order valence-electron chi connectivity index (χ2n) is 29.7. The first kappa shape index (κ1) is 62.0. The number of benzene rings is 10. The Hall–Kier alpha value is -10.0. The van der Waals surface area contributed by atoms with Crippen LogP contribution >= 0.6 is 23.2 Å². The number of fused-ring (bicyclic) bond motifs is 13. The number of para-hydroxylation sites is 8. The fourth-order valence-electron chi connectivity index (χ4n) is 22.1. The average Bonchev–Trinajstić information content (AvgIpc) is 1.60. The standard InChI is InChI=1S/C49H38N6.C25H22Cl2N4.C13H10.2CH4/c1-7-19-40-34(13-1)35-14-2-8-20-41(35)53(40)46-50-47(54-42-21-9-3-15-36(42)37-16-4-10-22-43(37)54)52-48(51-46)55-44-23-11-5-17-38(44)49(39-18-6-12-24-45(39)55)32-26-30-25-31(28-32)29-33(49)27-30;26-22-28-23(27)30-24(29-22)31-20-7-3-1-5-18(20)25(19-6-2-4-8-21(19)31)16-10-14-9-15(12-16)13-17(25)11-14;1-3-7-12-10(5-1)9-11-6-2-4-8-13(11)12;;/h1-24,30-33H,25-29H2;1-8,14-17H,9-13H2;1-8H,9H2;2*1H4. The molecule has 12 heteroatoms. The van der Waals surface area contributed by atoms with Crippen LogP contribution in [0.25, 0.3) is 66.6 Å². The van der Waals surface area contributed by atoms with Crippen LogP contribution < -0.4 is 9.80 Å². The van der Waals surface area contributed by atoms with Crippen molar-refractivity contribution in [3.05, 3.63) is 287 Å². The molecule has 8 saturated carbocycles. The zero-order chi connectivity index (χ0) is 65.2. The van der Waals surface area contributed by atoms with Crippen molar-refractivity contribution in [2.24, 2.45) is 47.3 Å². The molecule has 0 N–H and O–H groups in total. The predicted octanol–water partition coefficient (Wildman–Crippen LogP) is 22.8. The van der Waals surface area contributed by atoms with Gasteiger partial charge >= 0.3 is 0 Å². The molecule has 0 radical (unpaired) electrons. The van der Waals surface area contributed by atoms with Crippen LogP contribution in [0.1, 0.15) is 112 Å². The smallest absolute Gasteiger partial charge is 0.241 e. The van der Waals surface area contributed by atoms with Crippen molar-refractivity contribution in [2.75, 3.05) is 9.80 Å². The normalized spacial score (nSPS) is 22.5. The molecule has 0 amide bonds. The van der Waals surface area contributed by atoms with Crippen LogP contribution in [0.15, 0.2) is 243 Å². The van der Waals surface area contributed by atoms with E-state index in [0.29, 0.717) is 47.5 Å². The number of hydrogen-bond donors (Lipinski definition) is 0. The molecule has 498 valence electrons. The summed E-state index contributed by atoms with van der Waals surface area (Å²) < 4.78 is 4.46. The minimum Gasteiger partial charge on any atom is -0.278 e. The molecular weight excluding hydrogens is 1280 g/mol. The molecule has 0 saturated heterocycles. The summed E-state index contributed by atoms with van der Waals surface area (Å²) in [6.45, 7) is 0. The van der Waals surface area contributed by atoms with Crippen LogP contribution in [0, 0.1) is 47.3 Å². The van der Waals surface area contributed by atoms with Gasteiger partial charge in [0.1, 0.15) is 0 Å². The van der Waals surface area contributed by atoms with E-state index in [9.17, 15) is 0 Å². The number of rotatable bonds is 4. The Bertz CT molecular complexity index is 5180. The maximum absolute atomic E-state index is 6.19. The monoisotopic (exact) mass is 1360 g/mol. The van der Waals surface area contributed by atoms with Gasteiger partial charge in [-0.05, 0) is 234 Å². The Morgan fingerprint density at radius 1 is 0.277 bits per heavy atom. The van der Waals surface area contributed by atoms with Crippen LogP contribution in [-0.4, -0.2) is 39.0 Å². The van der Waals surface area contributed by atoms with Crippen molar-refractivity contribution in [3.63, 3.8) is 0 Å². The summed E-state index contributed by atoms with van der Waals surface area (Å²) in [5.41, 5.74) is 20.5. The molecule has 6 heterocycles. The molecule has 10 nitrogen and oxygen atoms in total. The number of halogens is 2. The predicted molar refractivity (Wildman–Crippen MR) is 412 cm³/mol. The number of hydrogen-bond acceptors (Lipinski definition) is 8. The summed E-state index contributed by atoms with van der Waals surface area (Å²) in [6.07, 6.45) is 14.7.